The van der Waals surface area contributed by atoms with Crippen LogP contribution in [0.25, 0.3) is 0 Å². The van der Waals surface area contributed by atoms with Gasteiger partial charge in [0.1, 0.15) is 11.9 Å². The second-order valence-corrected chi connectivity index (χ2v) is 11.2. The van der Waals surface area contributed by atoms with Crippen molar-refractivity contribution in [2.45, 2.75) is 43.4 Å². The van der Waals surface area contributed by atoms with E-state index in [2.05, 4.69) is 11.9 Å². The second kappa shape index (κ2) is 10.2. The lowest BCUT2D eigenvalue weighted by molar-refractivity contribution is -0.170. The summed E-state index contributed by atoms with van der Waals surface area (Å²) in [7, 11) is 2.18. The lowest BCUT2D eigenvalue weighted by atomic mass is 9.96. The third kappa shape index (κ3) is 4.54. The predicted octanol–water partition coefficient (Wildman–Crippen LogP) is 5.16. The molecule has 2 aromatic heterocycles. The molecule has 2 aliphatic rings. The number of benzene rings is 1. The van der Waals surface area contributed by atoms with Gasteiger partial charge in [-0.15, -0.1) is 22.7 Å². The molecule has 2 saturated carbocycles. The molecule has 0 aliphatic heterocycles. The van der Waals surface area contributed by atoms with Crippen molar-refractivity contribution < 1.29 is 19.4 Å². The molecule has 180 valence electrons. The quantitative estimate of drug-likeness (QED) is 0.310. The molecule has 5 nitrogen and oxygen atoms in total. The maximum atomic E-state index is 13.4. The number of carbonyl (C=O) groups is 1. The number of esters is 1. The van der Waals surface area contributed by atoms with Gasteiger partial charge in [0, 0.05) is 18.5 Å². The molecule has 5 rings (SSSR count). The van der Waals surface area contributed by atoms with Gasteiger partial charge in [0.25, 0.3) is 0 Å². The van der Waals surface area contributed by atoms with E-state index >= 15 is 0 Å². The summed E-state index contributed by atoms with van der Waals surface area (Å²) < 4.78 is 11.9. The van der Waals surface area contributed by atoms with Crippen LogP contribution in [0.5, 0.6) is 5.75 Å². The highest BCUT2D eigenvalue weighted by Gasteiger charge is 2.53. The summed E-state index contributed by atoms with van der Waals surface area (Å²) in [5, 5.41) is 15.3. The van der Waals surface area contributed by atoms with Crippen LogP contribution in [0.15, 0.2) is 65.4 Å². The van der Waals surface area contributed by atoms with Gasteiger partial charge < -0.3 is 19.5 Å². The van der Waals surface area contributed by atoms with Gasteiger partial charge in [-0.25, -0.2) is 4.79 Å². The number of fused-ring (bicyclic) bond motifs is 2. The Kier molecular flexibility index (Phi) is 7.06. The molecule has 0 amide bonds. The Balaban J connectivity index is 1.20. The first-order valence-corrected chi connectivity index (χ1v) is 13.7. The fraction of sp³-hybridized carbons (Fsp3) is 0.444. The van der Waals surface area contributed by atoms with Crippen molar-refractivity contribution in [3.63, 3.8) is 0 Å². The molecule has 0 saturated heterocycles. The zero-order valence-electron chi connectivity index (χ0n) is 19.3. The van der Waals surface area contributed by atoms with E-state index in [1.165, 1.54) is 29.1 Å². The molecule has 2 bridgehead atoms. The summed E-state index contributed by atoms with van der Waals surface area (Å²) in [5.74, 6) is 1.19. The number of rotatable bonds is 10. The summed E-state index contributed by atoms with van der Waals surface area (Å²) in [5.41, 5.74) is -1.74. The summed E-state index contributed by atoms with van der Waals surface area (Å²) in [6, 6.07) is 17.6. The van der Waals surface area contributed by atoms with Crippen molar-refractivity contribution in [2.24, 2.45) is 11.8 Å². The van der Waals surface area contributed by atoms with Crippen LogP contribution in [-0.4, -0.2) is 48.3 Å². The van der Waals surface area contributed by atoms with Gasteiger partial charge in [0.15, 0.2) is 0 Å². The maximum Gasteiger partial charge on any atom is 0.349 e. The van der Waals surface area contributed by atoms with Crippen molar-refractivity contribution in [2.75, 3.05) is 20.2 Å². The van der Waals surface area contributed by atoms with E-state index in [0.29, 0.717) is 34.2 Å². The average Bonchev–Trinajstić information content (AvgIpc) is 3.66. The van der Waals surface area contributed by atoms with Crippen molar-refractivity contribution in [1.29, 1.82) is 0 Å². The molecule has 0 radical (unpaired) electrons. The summed E-state index contributed by atoms with van der Waals surface area (Å²) in [6.07, 6.45) is 3.91. The van der Waals surface area contributed by atoms with Crippen LogP contribution in [0.3, 0.4) is 0 Å². The van der Waals surface area contributed by atoms with E-state index < -0.39 is 11.6 Å². The highest BCUT2D eigenvalue weighted by atomic mass is 32.1. The second-order valence-electron chi connectivity index (χ2n) is 9.33. The van der Waals surface area contributed by atoms with E-state index in [-0.39, 0.29) is 6.10 Å². The molecule has 2 aliphatic carbocycles. The molecular weight excluding hydrogens is 466 g/mol. The number of hydrogen-bond acceptors (Lipinski definition) is 7. The first-order chi connectivity index (χ1) is 16.6. The van der Waals surface area contributed by atoms with Gasteiger partial charge in [-0.3, -0.25) is 0 Å². The van der Waals surface area contributed by atoms with Crippen LogP contribution in [0.4, 0.5) is 0 Å². The smallest absolute Gasteiger partial charge is 0.349 e. The van der Waals surface area contributed by atoms with Crippen molar-refractivity contribution in [1.82, 2.24) is 4.90 Å². The van der Waals surface area contributed by atoms with Crippen LogP contribution >= 0.6 is 22.7 Å². The Labute approximate surface area is 209 Å². The molecule has 2 heterocycles. The molecule has 2 fully saturated rings. The lowest BCUT2D eigenvalue weighted by Crippen LogP contribution is -2.42. The number of hydrogen-bond donors (Lipinski definition) is 1. The largest absolute Gasteiger partial charge is 0.494 e. The Morgan fingerprint density at radius 3 is 2.41 bits per heavy atom. The van der Waals surface area contributed by atoms with Crippen LogP contribution in [0.1, 0.15) is 35.4 Å². The number of para-hydroxylation sites is 1. The third-order valence-corrected chi connectivity index (χ3v) is 9.25. The first kappa shape index (κ1) is 23.5. The summed E-state index contributed by atoms with van der Waals surface area (Å²) in [4.78, 5) is 17.1. The van der Waals surface area contributed by atoms with Gasteiger partial charge in [-0.2, -0.15) is 0 Å². The Morgan fingerprint density at radius 2 is 1.76 bits per heavy atom. The molecule has 4 atom stereocenters. The Hall–Kier alpha value is -2.19. The Bertz CT molecular complexity index is 1020. The number of aliphatic hydroxyl groups is 1. The summed E-state index contributed by atoms with van der Waals surface area (Å²) >= 11 is 2.76. The first-order valence-electron chi connectivity index (χ1n) is 12.0. The van der Waals surface area contributed by atoms with Crippen molar-refractivity contribution in [3.05, 3.63) is 75.1 Å². The lowest BCUT2D eigenvalue weighted by Gasteiger charge is -2.31. The molecule has 7 heteroatoms. The number of nitrogens with zero attached hydrogens (tertiary/aromatic N) is 1. The van der Waals surface area contributed by atoms with Crippen LogP contribution < -0.4 is 4.74 Å². The molecule has 4 unspecified atom stereocenters. The van der Waals surface area contributed by atoms with Gasteiger partial charge in [-0.1, -0.05) is 30.3 Å². The van der Waals surface area contributed by atoms with Crippen LogP contribution in [-0.2, 0) is 15.1 Å². The predicted molar refractivity (Wildman–Crippen MR) is 135 cm³/mol. The van der Waals surface area contributed by atoms with E-state index in [1.807, 2.05) is 53.2 Å². The molecule has 1 N–H and O–H groups in total. The molecular formula is C27H31NO4S2. The average molecular weight is 498 g/mol. The number of carbonyl (C=O) groups excluding carboxylic acids is 1. The van der Waals surface area contributed by atoms with E-state index in [9.17, 15) is 9.90 Å². The van der Waals surface area contributed by atoms with E-state index in [0.717, 1.165) is 31.6 Å². The van der Waals surface area contributed by atoms with Gasteiger partial charge in [-0.05, 0) is 73.7 Å². The van der Waals surface area contributed by atoms with Crippen molar-refractivity contribution >= 4 is 28.6 Å². The normalized spacial score (nSPS) is 24.0. The molecule has 0 spiro atoms. The standard InChI is InChI=1S/C27H31NO4S2/c1-28(14-7-15-31-20-8-3-2-4-9-20)25-19-12-13-21(25)22(18-19)32-26(29)27(30,23-10-5-16-33-23)24-11-6-17-34-24/h2-6,8-11,16-17,19,21-22,25,30H,7,12-15,18H2,1H3. The van der Waals surface area contributed by atoms with Crippen LogP contribution in [0, 0.1) is 11.8 Å². The molecule has 3 aromatic rings. The fourth-order valence-electron chi connectivity index (χ4n) is 5.74. The highest BCUT2D eigenvalue weighted by Crippen LogP contribution is 2.49. The van der Waals surface area contributed by atoms with E-state index in [1.54, 1.807) is 12.1 Å². The highest BCUT2D eigenvalue weighted by molar-refractivity contribution is 7.12. The number of ether oxygens (including phenoxy) is 2. The molecule has 1 aromatic carbocycles. The minimum absolute atomic E-state index is 0.147. The Morgan fingerprint density at radius 1 is 1.06 bits per heavy atom. The van der Waals surface area contributed by atoms with Gasteiger partial charge in [0.2, 0.25) is 5.60 Å². The minimum atomic E-state index is -1.74. The minimum Gasteiger partial charge on any atom is -0.494 e. The van der Waals surface area contributed by atoms with Gasteiger partial charge >= 0.3 is 5.97 Å². The zero-order valence-corrected chi connectivity index (χ0v) is 21.0. The SMILES string of the molecule is CN(CCCOc1ccccc1)C1C2CCC1C(OC(=O)C(O)(c1cccs1)c1cccs1)C2. The topological polar surface area (TPSA) is 59.0 Å². The molecule has 34 heavy (non-hydrogen) atoms. The van der Waals surface area contributed by atoms with E-state index in [4.69, 9.17) is 9.47 Å². The zero-order chi connectivity index (χ0) is 23.5. The van der Waals surface area contributed by atoms with Crippen molar-refractivity contribution in [3.8, 4) is 5.75 Å². The third-order valence-electron chi connectivity index (χ3n) is 7.29. The monoisotopic (exact) mass is 497 g/mol. The van der Waals surface area contributed by atoms with Crippen LogP contribution in [0.2, 0.25) is 0 Å². The van der Waals surface area contributed by atoms with Gasteiger partial charge in [0.05, 0.1) is 16.4 Å². The fourth-order valence-corrected chi connectivity index (χ4v) is 7.45. The number of thiophene rings is 2. The maximum absolute atomic E-state index is 13.4. The summed E-state index contributed by atoms with van der Waals surface area (Å²) in [6.45, 7) is 1.63.